The highest BCUT2D eigenvalue weighted by Crippen LogP contribution is 2.34. The van der Waals surface area contributed by atoms with Gasteiger partial charge in [-0.1, -0.05) is 6.42 Å². The van der Waals surface area contributed by atoms with E-state index < -0.39 is 0 Å². The van der Waals surface area contributed by atoms with Gasteiger partial charge >= 0.3 is 0 Å². The Morgan fingerprint density at radius 1 is 1.54 bits per heavy atom. The molecule has 0 aromatic carbocycles. The van der Waals surface area contributed by atoms with Gasteiger partial charge in [-0.15, -0.1) is 0 Å². The summed E-state index contributed by atoms with van der Waals surface area (Å²) >= 11 is 0. The molecule has 1 aromatic rings. The maximum Gasteiger partial charge on any atom is 0.105 e. The summed E-state index contributed by atoms with van der Waals surface area (Å²) in [5, 5.41) is 9.73. The van der Waals surface area contributed by atoms with Crippen molar-refractivity contribution in [3.05, 3.63) is 17.7 Å². The number of hydrogen-bond donors (Lipinski definition) is 1. The monoisotopic (exact) mass is 180 g/mol. The van der Waals surface area contributed by atoms with E-state index in [9.17, 15) is 5.11 Å². The first-order valence-corrected chi connectivity index (χ1v) is 4.86. The van der Waals surface area contributed by atoms with Gasteiger partial charge in [0.25, 0.3) is 0 Å². The van der Waals surface area contributed by atoms with Gasteiger partial charge in [-0.2, -0.15) is 0 Å². The molecule has 1 N–H and O–H groups in total. The molecule has 0 bridgehead atoms. The van der Waals surface area contributed by atoms with E-state index in [-0.39, 0.29) is 6.10 Å². The summed E-state index contributed by atoms with van der Waals surface area (Å²) in [6.45, 7) is 1.99. The van der Waals surface area contributed by atoms with Crippen LogP contribution in [0.25, 0.3) is 0 Å². The number of aliphatic hydroxyl groups is 1. The van der Waals surface area contributed by atoms with E-state index in [4.69, 9.17) is 0 Å². The molecule has 1 aromatic heterocycles. The molecule has 3 nitrogen and oxygen atoms in total. The Bertz CT molecular complexity index is 306. The first-order valence-electron chi connectivity index (χ1n) is 4.86. The third kappa shape index (κ3) is 1.37. The molecule has 1 aliphatic rings. The Morgan fingerprint density at radius 3 is 2.77 bits per heavy atom. The third-order valence-corrected chi connectivity index (χ3v) is 3.12. The lowest BCUT2D eigenvalue weighted by Crippen LogP contribution is -2.14. The summed E-state index contributed by atoms with van der Waals surface area (Å²) < 4.78 is 2.08. The molecule has 0 radical (unpaired) electrons. The minimum atomic E-state index is -0.158. The summed E-state index contributed by atoms with van der Waals surface area (Å²) in [6.07, 6.45) is 4.91. The van der Waals surface area contributed by atoms with Gasteiger partial charge in [0.05, 0.1) is 6.10 Å². The first-order chi connectivity index (χ1) is 6.20. The maximum absolute atomic E-state index is 9.73. The molecule has 13 heavy (non-hydrogen) atoms. The third-order valence-electron chi connectivity index (χ3n) is 3.12. The lowest BCUT2D eigenvalue weighted by molar-refractivity contribution is 0.161. The number of aryl methyl sites for hydroxylation is 1. The molecule has 72 valence electrons. The molecule has 0 saturated heterocycles. The van der Waals surface area contributed by atoms with Crippen LogP contribution in [0.5, 0.6) is 0 Å². The molecule has 2 rings (SSSR count). The van der Waals surface area contributed by atoms with Crippen LogP contribution in [0, 0.1) is 6.92 Å². The number of rotatable bonds is 1. The molecule has 1 saturated carbocycles. The molecule has 1 aliphatic carbocycles. The summed E-state index contributed by atoms with van der Waals surface area (Å²) in [4.78, 5) is 4.25. The number of hydrogen-bond acceptors (Lipinski definition) is 2. The predicted molar refractivity (Wildman–Crippen MR) is 50.5 cm³/mol. The minimum Gasteiger partial charge on any atom is -0.392 e. The van der Waals surface area contributed by atoms with Crippen LogP contribution in [0.1, 0.15) is 36.7 Å². The standard InChI is InChI=1S/C10H16N2O/c1-7-11-6-9(12(7)2)8-4-3-5-10(8)13/h6,8,10,13H,3-5H2,1-2H3/t8-,10+/m0/s1. The lowest BCUT2D eigenvalue weighted by Gasteiger charge is -2.14. The van der Waals surface area contributed by atoms with Crippen molar-refractivity contribution in [2.24, 2.45) is 7.05 Å². The second-order valence-electron chi connectivity index (χ2n) is 3.89. The molecule has 0 spiro atoms. The highest BCUT2D eigenvalue weighted by atomic mass is 16.3. The van der Waals surface area contributed by atoms with Crippen molar-refractivity contribution in [2.75, 3.05) is 0 Å². The summed E-state index contributed by atoms with van der Waals surface area (Å²) in [5.74, 6) is 1.33. The molecule has 1 heterocycles. The van der Waals surface area contributed by atoms with Crippen LogP contribution in [0.2, 0.25) is 0 Å². The summed E-state index contributed by atoms with van der Waals surface area (Å²) in [7, 11) is 2.02. The van der Waals surface area contributed by atoms with Crippen molar-refractivity contribution in [2.45, 2.75) is 38.2 Å². The zero-order valence-corrected chi connectivity index (χ0v) is 8.20. The second-order valence-corrected chi connectivity index (χ2v) is 3.89. The van der Waals surface area contributed by atoms with Crippen molar-refractivity contribution < 1.29 is 5.11 Å². The van der Waals surface area contributed by atoms with Crippen molar-refractivity contribution >= 4 is 0 Å². The van der Waals surface area contributed by atoms with Gasteiger partial charge in [0.15, 0.2) is 0 Å². The molecular weight excluding hydrogens is 164 g/mol. The number of nitrogens with zero attached hydrogens (tertiary/aromatic N) is 2. The topological polar surface area (TPSA) is 38.1 Å². The van der Waals surface area contributed by atoms with Gasteiger partial charge in [-0.25, -0.2) is 4.98 Å². The molecule has 0 amide bonds. The Hall–Kier alpha value is -0.830. The zero-order valence-electron chi connectivity index (χ0n) is 8.20. The number of aliphatic hydroxyl groups excluding tert-OH is 1. The Balaban J connectivity index is 2.29. The van der Waals surface area contributed by atoms with Crippen LogP contribution in [0.3, 0.4) is 0 Å². The Kier molecular flexibility index (Phi) is 2.12. The highest BCUT2D eigenvalue weighted by Gasteiger charge is 2.28. The average molecular weight is 180 g/mol. The van der Waals surface area contributed by atoms with Gasteiger partial charge in [0.1, 0.15) is 5.82 Å². The Labute approximate surface area is 78.4 Å². The van der Waals surface area contributed by atoms with Crippen molar-refractivity contribution in [1.82, 2.24) is 9.55 Å². The van der Waals surface area contributed by atoms with Crippen LogP contribution >= 0.6 is 0 Å². The van der Waals surface area contributed by atoms with Crippen LogP contribution in [-0.4, -0.2) is 20.8 Å². The Morgan fingerprint density at radius 2 is 2.31 bits per heavy atom. The van der Waals surface area contributed by atoms with Crippen molar-refractivity contribution in [1.29, 1.82) is 0 Å². The van der Waals surface area contributed by atoms with Crippen LogP contribution in [0.15, 0.2) is 6.20 Å². The van der Waals surface area contributed by atoms with Gasteiger partial charge in [0.2, 0.25) is 0 Å². The molecule has 2 atom stereocenters. The number of imidazole rings is 1. The first kappa shape index (κ1) is 8.75. The van der Waals surface area contributed by atoms with E-state index in [2.05, 4.69) is 9.55 Å². The summed E-state index contributed by atoms with van der Waals surface area (Å²) in [5.41, 5.74) is 1.18. The lowest BCUT2D eigenvalue weighted by atomic mass is 10.0. The highest BCUT2D eigenvalue weighted by molar-refractivity contribution is 5.13. The second kappa shape index (κ2) is 3.14. The average Bonchev–Trinajstić information content (AvgIpc) is 2.62. The van der Waals surface area contributed by atoms with E-state index in [0.29, 0.717) is 5.92 Å². The fourth-order valence-corrected chi connectivity index (χ4v) is 2.15. The molecular formula is C10H16N2O. The van der Waals surface area contributed by atoms with Crippen LogP contribution in [0.4, 0.5) is 0 Å². The van der Waals surface area contributed by atoms with Gasteiger partial charge in [0, 0.05) is 24.9 Å². The van der Waals surface area contributed by atoms with Gasteiger partial charge in [-0.05, 0) is 19.8 Å². The largest absolute Gasteiger partial charge is 0.392 e. The van der Waals surface area contributed by atoms with E-state index in [0.717, 1.165) is 25.1 Å². The fourth-order valence-electron chi connectivity index (χ4n) is 2.15. The SMILES string of the molecule is Cc1ncc([C@@H]2CCC[C@H]2O)n1C. The zero-order chi connectivity index (χ0) is 9.42. The smallest absolute Gasteiger partial charge is 0.105 e. The predicted octanol–water partition coefficient (Wildman–Crippen LogP) is 1.36. The maximum atomic E-state index is 9.73. The normalized spacial score (nSPS) is 28.2. The quantitative estimate of drug-likeness (QED) is 0.708. The van der Waals surface area contributed by atoms with Crippen molar-refractivity contribution in [3.63, 3.8) is 0 Å². The van der Waals surface area contributed by atoms with E-state index in [1.807, 2.05) is 20.2 Å². The molecule has 0 unspecified atom stereocenters. The molecule has 3 heteroatoms. The van der Waals surface area contributed by atoms with Crippen molar-refractivity contribution in [3.8, 4) is 0 Å². The molecule has 1 fully saturated rings. The van der Waals surface area contributed by atoms with Gasteiger partial charge in [-0.3, -0.25) is 0 Å². The summed E-state index contributed by atoms with van der Waals surface area (Å²) in [6, 6.07) is 0. The fraction of sp³-hybridized carbons (Fsp3) is 0.700. The molecule has 0 aliphatic heterocycles. The van der Waals surface area contributed by atoms with Crippen LogP contribution in [-0.2, 0) is 7.05 Å². The van der Waals surface area contributed by atoms with Crippen LogP contribution < -0.4 is 0 Å². The van der Waals surface area contributed by atoms with Gasteiger partial charge < -0.3 is 9.67 Å². The van der Waals surface area contributed by atoms with E-state index in [1.54, 1.807) is 0 Å². The van der Waals surface area contributed by atoms with E-state index in [1.165, 1.54) is 5.69 Å². The van der Waals surface area contributed by atoms with E-state index >= 15 is 0 Å². The minimum absolute atomic E-state index is 0.158. The number of aromatic nitrogens is 2.